The number of rotatable bonds is 6. The number of amides is 1. The van der Waals surface area contributed by atoms with E-state index in [9.17, 15) is 4.79 Å². The topological polar surface area (TPSA) is 58.4 Å². The molecule has 1 unspecified atom stereocenters. The van der Waals surface area contributed by atoms with Gasteiger partial charge < -0.3 is 16.0 Å². The first-order valence-electron chi connectivity index (χ1n) is 8.23. The molecule has 0 saturated heterocycles. The van der Waals surface area contributed by atoms with Crippen molar-refractivity contribution in [1.82, 2.24) is 5.32 Å². The van der Waals surface area contributed by atoms with E-state index in [4.69, 9.17) is 5.73 Å². The number of anilines is 1. The molecule has 0 aromatic heterocycles. The van der Waals surface area contributed by atoms with Crippen molar-refractivity contribution >= 4 is 11.6 Å². The molecule has 124 valence electrons. The van der Waals surface area contributed by atoms with Crippen LogP contribution in [0.3, 0.4) is 0 Å². The Hall–Kier alpha value is -2.07. The van der Waals surface area contributed by atoms with Crippen molar-refractivity contribution < 1.29 is 4.79 Å². The van der Waals surface area contributed by atoms with E-state index >= 15 is 0 Å². The number of hydrogen-bond donors (Lipinski definition) is 2. The van der Waals surface area contributed by atoms with Crippen LogP contribution in [-0.2, 0) is 4.79 Å². The number of nitrogens with zero attached hydrogens (tertiary/aromatic N) is 1. The number of benzene rings is 1. The zero-order valence-corrected chi connectivity index (χ0v) is 14.3. The number of aryl methyl sites for hydroxylation is 2. The molecule has 1 aromatic rings. The summed E-state index contributed by atoms with van der Waals surface area (Å²) < 4.78 is 0. The lowest BCUT2D eigenvalue weighted by atomic mass is 10.0. The highest BCUT2D eigenvalue weighted by atomic mass is 16.1. The summed E-state index contributed by atoms with van der Waals surface area (Å²) in [5.41, 5.74) is 11.1. The van der Waals surface area contributed by atoms with Gasteiger partial charge in [0.15, 0.2) is 0 Å². The third kappa shape index (κ3) is 4.70. The fraction of sp³-hybridized carbons (Fsp3) is 0.421. The highest BCUT2D eigenvalue weighted by molar-refractivity contribution is 5.75. The molecule has 0 saturated carbocycles. The molecule has 0 spiro atoms. The zero-order valence-electron chi connectivity index (χ0n) is 14.3. The lowest BCUT2D eigenvalue weighted by Gasteiger charge is -2.27. The summed E-state index contributed by atoms with van der Waals surface area (Å²) in [6.07, 6.45) is 7.72. The minimum atomic E-state index is -0.0701. The van der Waals surface area contributed by atoms with Crippen molar-refractivity contribution in [2.45, 2.75) is 39.7 Å². The molecular formula is C19H27N3O. The molecule has 1 atom stereocenters. The van der Waals surface area contributed by atoms with Gasteiger partial charge in [0.1, 0.15) is 0 Å². The summed E-state index contributed by atoms with van der Waals surface area (Å²) in [6, 6.07) is 6.30. The van der Waals surface area contributed by atoms with Crippen molar-refractivity contribution in [3.05, 3.63) is 53.3 Å². The third-order valence-corrected chi connectivity index (χ3v) is 4.06. The molecule has 4 heteroatoms. The van der Waals surface area contributed by atoms with Gasteiger partial charge in [-0.15, -0.1) is 0 Å². The second-order valence-electron chi connectivity index (χ2n) is 6.12. The lowest BCUT2D eigenvalue weighted by Crippen LogP contribution is -2.37. The first-order chi connectivity index (χ1) is 11.0. The van der Waals surface area contributed by atoms with E-state index in [-0.39, 0.29) is 11.9 Å². The van der Waals surface area contributed by atoms with Crippen molar-refractivity contribution in [3.63, 3.8) is 0 Å². The van der Waals surface area contributed by atoms with Crippen LogP contribution in [0, 0.1) is 13.8 Å². The predicted octanol–water partition coefficient (Wildman–Crippen LogP) is 2.81. The quantitative estimate of drug-likeness (QED) is 0.849. The fourth-order valence-corrected chi connectivity index (χ4v) is 2.89. The standard InChI is InChI=1S/C19H27N3O/c1-4-18(23)21-12-17(20)11-16-9-6-10-22(13-16)19-14(2)7-5-8-15(19)3/h5-9,13,17H,4,10-12,20H2,1-3H3,(H,21,23). The summed E-state index contributed by atoms with van der Waals surface area (Å²) >= 11 is 0. The average molecular weight is 313 g/mol. The molecule has 1 amide bonds. The molecule has 0 radical (unpaired) electrons. The van der Waals surface area contributed by atoms with Crippen LogP contribution in [0.1, 0.15) is 30.9 Å². The molecule has 1 aromatic carbocycles. The van der Waals surface area contributed by atoms with Gasteiger partial charge in [-0.3, -0.25) is 4.79 Å². The van der Waals surface area contributed by atoms with Gasteiger partial charge in [-0.25, -0.2) is 0 Å². The molecule has 1 aliphatic heterocycles. The Labute approximate surface area is 139 Å². The molecule has 4 nitrogen and oxygen atoms in total. The smallest absolute Gasteiger partial charge is 0.219 e. The van der Waals surface area contributed by atoms with E-state index in [2.05, 4.69) is 60.6 Å². The lowest BCUT2D eigenvalue weighted by molar-refractivity contribution is -0.120. The van der Waals surface area contributed by atoms with Crippen molar-refractivity contribution in [2.24, 2.45) is 5.73 Å². The van der Waals surface area contributed by atoms with Gasteiger partial charge in [0.05, 0.1) is 0 Å². The van der Waals surface area contributed by atoms with Gasteiger partial charge in [-0.1, -0.05) is 37.3 Å². The van der Waals surface area contributed by atoms with E-state index in [1.165, 1.54) is 22.4 Å². The zero-order chi connectivity index (χ0) is 16.8. The molecule has 23 heavy (non-hydrogen) atoms. The van der Waals surface area contributed by atoms with Crippen LogP contribution in [0.4, 0.5) is 5.69 Å². The number of carbonyl (C=O) groups excluding carboxylic acids is 1. The Morgan fingerprint density at radius 1 is 1.35 bits per heavy atom. The molecule has 0 aliphatic carbocycles. The Morgan fingerprint density at radius 2 is 2.04 bits per heavy atom. The van der Waals surface area contributed by atoms with E-state index < -0.39 is 0 Å². The second-order valence-corrected chi connectivity index (χ2v) is 6.12. The van der Waals surface area contributed by atoms with Crippen LogP contribution < -0.4 is 16.0 Å². The van der Waals surface area contributed by atoms with Crippen LogP contribution in [0.25, 0.3) is 0 Å². The molecule has 1 heterocycles. The largest absolute Gasteiger partial charge is 0.355 e. The molecule has 1 aliphatic rings. The number of para-hydroxylation sites is 1. The van der Waals surface area contributed by atoms with Crippen molar-refractivity contribution in [3.8, 4) is 0 Å². The average Bonchev–Trinajstić information content (AvgIpc) is 2.53. The van der Waals surface area contributed by atoms with Gasteiger partial charge in [0.25, 0.3) is 0 Å². The van der Waals surface area contributed by atoms with Gasteiger partial charge >= 0.3 is 0 Å². The minimum Gasteiger partial charge on any atom is -0.355 e. The molecule has 3 N–H and O–H groups in total. The van der Waals surface area contributed by atoms with E-state index in [1.54, 1.807) is 0 Å². The van der Waals surface area contributed by atoms with Gasteiger partial charge in [0, 0.05) is 37.4 Å². The maximum absolute atomic E-state index is 11.3. The summed E-state index contributed by atoms with van der Waals surface area (Å²) in [5.74, 6) is 0.0470. The fourth-order valence-electron chi connectivity index (χ4n) is 2.89. The molecule has 2 rings (SSSR count). The predicted molar refractivity (Wildman–Crippen MR) is 96.4 cm³/mol. The van der Waals surface area contributed by atoms with Crippen molar-refractivity contribution in [2.75, 3.05) is 18.0 Å². The molecule has 0 bridgehead atoms. The van der Waals surface area contributed by atoms with Crippen LogP contribution in [0.2, 0.25) is 0 Å². The number of hydrogen-bond acceptors (Lipinski definition) is 3. The molecule has 0 fully saturated rings. The van der Waals surface area contributed by atoms with Crippen LogP contribution in [0.5, 0.6) is 0 Å². The third-order valence-electron chi connectivity index (χ3n) is 4.06. The summed E-state index contributed by atoms with van der Waals surface area (Å²) in [6.45, 7) is 7.51. The Morgan fingerprint density at radius 3 is 2.70 bits per heavy atom. The van der Waals surface area contributed by atoms with E-state index in [0.717, 1.165) is 13.0 Å². The monoisotopic (exact) mass is 313 g/mol. The van der Waals surface area contributed by atoms with Crippen molar-refractivity contribution in [1.29, 1.82) is 0 Å². The van der Waals surface area contributed by atoms with E-state index in [1.807, 2.05) is 6.92 Å². The number of allylic oxidation sites excluding steroid dienone is 1. The maximum Gasteiger partial charge on any atom is 0.219 e. The minimum absolute atomic E-state index is 0.0470. The summed E-state index contributed by atoms with van der Waals surface area (Å²) in [5, 5.41) is 2.85. The van der Waals surface area contributed by atoms with Crippen LogP contribution in [-0.4, -0.2) is 25.0 Å². The highest BCUT2D eigenvalue weighted by Gasteiger charge is 2.14. The maximum atomic E-state index is 11.3. The Kier molecular flexibility index (Phi) is 5.99. The molecular weight excluding hydrogens is 286 g/mol. The Bertz CT molecular complexity index is 599. The second kappa shape index (κ2) is 7.97. The first-order valence-corrected chi connectivity index (χ1v) is 8.23. The summed E-state index contributed by atoms with van der Waals surface area (Å²) in [4.78, 5) is 13.6. The van der Waals surface area contributed by atoms with Crippen LogP contribution >= 0.6 is 0 Å². The first kappa shape index (κ1) is 17.3. The number of nitrogens with one attached hydrogen (secondary N) is 1. The normalized spacial score (nSPS) is 15.3. The highest BCUT2D eigenvalue weighted by Crippen LogP contribution is 2.27. The summed E-state index contributed by atoms with van der Waals surface area (Å²) in [7, 11) is 0. The SMILES string of the molecule is CCC(=O)NCC(N)CC1=CN(c2c(C)cccc2C)CC=C1. The van der Waals surface area contributed by atoms with Crippen LogP contribution in [0.15, 0.2) is 42.1 Å². The number of nitrogens with two attached hydrogens (primary N) is 1. The van der Waals surface area contributed by atoms with Gasteiger partial charge in [-0.2, -0.15) is 0 Å². The van der Waals surface area contributed by atoms with E-state index in [0.29, 0.717) is 13.0 Å². The van der Waals surface area contributed by atoms with Gasteiger partial charge in [0.2, 0.25) is 5.91 Å². The number of carbonyl (C=O) groups is 1. The van der Waals surface area contributed by atoms with Gasteiger partial charge in [-0.05, 0) is 37.0 Å². The Balaban J connectivity index is 2.04.